The number of hydrogen-bond acceptors (Lipinski definition) is 6. The van der Waals surface area contributed by atoms with Crippen LogP contribution in [0.2, 0.25) is 0 Å². The molecule has 0 spiro atoms. The van der Waals surface area contributed by atoms with Gasteiger partial charge in [0.2, 0.25) is 5.78 Å². The number of para-hydroxylation sites is 1. The number of piperazine rings is 1. The maximum absolute atomic E-state index is 13.1. The van der Waals surface area contributed by atoms with E-state index in [-0.39, 0.29) is 23.9 Å². The molecular weight excluding hydrogens is 396 g/mol. The van der Waals surface area contributed by atoms with Gasteiger partial charge in [-0.25, -0.2) is 0 Å². The van der Waals surface area contributed by atoms with Crippen LogP contribution >= 0.6 is 0 Å². The molecule has 0 radical (unpaired) electrons. The summed E-state index contributed by atoms with van der Waals surface area (Å²) in [6.45, 7) is 6.62. The number of ether oxygens (including phenoxy) is 2. The lowest BCUT2D eigenvalue weighted by Gasteiger charge is -2.32. The van der Waals surface area contributed by atoms with Crippen molar-refractivity contribution >= 4 is 11.9 Å². The number of carbonyl (C=O) groups excluding carboxylic acids is 1. The molecule has 0 unspecified atom stereocenters. The topological polar surface area (TPSA) is 86.5 Å². The van der Waals surface area contributed by atoms with Crippen LogP contribution in [0.1, 0.15) is 27.0 Å². The van der Waals surface area contributed by atoms with Gasteiger partial charge in [-0.2, -0.15) is 0 Å². The van der Waals surface area contributed by atoms with Crippen molar-refractivity contribution in [3.63, 3.8) is 0 Å². The van der Waals surface area contributed by atoms with E-state index in [1.54, 1.807) is 26.2 Å². The number of ketones is 1. The second-order valence-corrected chi connectivity index (χ2v) is 8.05. The van der Waals surface area contributed by atoms with Crippen LogP contribution in [0, 0.1) is 6.92 Å². The summed E-state index contributed by atoms with van der Waals surface area (Å²) in [7, 11) is 1.58. The Hall–Kier alpha value is -2.87. The van der Waals surface area contributed by atoms with E-state index in [1.807, 2.05) is 24.3 Å². The van der Waals surface area contributed by atoms with Gasteiger partial charge < -0.3 is 24.6 Å². The maximum atomic E-state index is 13.1. The number of methoxy groups -OCH3 is 1. The van der Waals surface area contributed by atoms with Gasteiger partial charge in [0.15, 0.2) is 5.76 Å². The molecule has 2 N–H and O–H groups in total. The monoisotopic (exact) mass is 424 g/mol. The SMILES string of the molecule is COc1ccccc1C=C1Oc2c(C[NH+]3CCN(CCO)CC3)c([O-])cc(C)c2C1=O. The van der Waals surface area contributed by atoms with E-state index in [1.165, 1.54) is 4.90 Å². The molecule has 0 atom stereocenters. The number of quaternary nitrogens is 1. The predicted octanol–water partition coefficient (Wildman–Crippen LogP) is 0.386. The third-order valence-corrected chi connectivity index (χ3v) is 6.04. The lowest BCUT2D eigenvalue weighted by Crippen LogP contribution is -3.13. The molecule has 0 saturated carbocycles. The zero-order valence-electron chi connectivity index (χ0n) is 17.9. The molecule has 0 bridgehead atoms. The number of aryl methyl sites for hydroxylation is 1. The number of aliphatic hydroxyl groups excluding tert-OH is 1. The summed E-state index contributed by atoms with van der Waals surface area (Å²) >= 11 is 0. The molecule has 2 aliphatic heterocycles. The lowest BCUT2D eigenvalue weighted by atomic mass is 9.99. The highest BCUT2D eigenvalue weighted by Gasteiger charge is 2.33. The van der Waals surface area contributed by atoms with Crippen LogP contribution in [-0.4, -0.2) is 62.2 Å². The minimum Gasteiger partial charge on any atom is -0.872 e. The minimum atomic E-state index is -0.206. The van der Waals surface area contributed by atoms with Crippen molar-refractivity contribution in [2.45, 2.75) is 13.5 Å². The Balaban J connectivity index is 1.61. The summed E-state index contributed by atoms with van der Waals surface area (Å²) in [4.78, 5) is 16.6. The number of fused-ring (bicyclic) bond motifs is 1. The first-order valence-corrected chi connectivity index (χ1v) is 10.6. The van der Waals surface area contributed by atoms with E-state index < -0.39 is 0 Å². The van der Waals surface area contributed by atoms with Crippen LogP contribution in [-0.2, 0) is 6.54 Å². The Morgan fingerprint density at radius 1 is 1.29 bits per heavy atom. The summed E-state index contributed by atoms with van der Waals surface area (Å²) in [5, 5.41) is 21.9. The third kappa shape index (κ3) is 4.30. The molecule has 2 heterocycles. The number of benzene rings is 2. The average molecular weight is 424 g/mol. The molecule has 1 fully saturated rings. The number of Topliss-reactive ketones (excluding diaryl/α,β-unsaturated/α-hetero) is 1. The number of hydrogen-bond donors (Lipinski definition) is 2. The predicted molar refractivity (Wildman–Crippen MR) is 114 cm³/mol. The fraction of sp³-hybridized carbons (Fsp3) is 0.375. The highest BCUT2D eigenvalue weighted by atomic mass is 16.5. The standard InChI is InChI=1S/C24H28N2O5/c1-16-13-19(28)18(15-26-9-7-25(8-10-26)11-12-27)24-22(16)23(29)21(31-24)14-17-5-3-4-6-20(17)30-2/h3-6,13-14,27-28H,7-12,15H2,1-2H3. The smallest absolute Gasteiger partial charge is 0.232 e. The zero-order chi connectivity index (χ0) is 22.0. The Kier molecular flexibility index (Phi) is 6.27. The number of aliphatic hydroxyl groups is 1. The molecule has 7 nitrogen and oxygen atoms in total. The van der Waals surface area contributed by atoms with Gasteiger partial charge in [-0.3, -0.25) is 9.69 Å². The van der Waals surface area contributed by atoms with Crippen LogP contribution in [0.3, 0.4) is 0 Å². The minimum absolute atomic E-state index is 0.0899. The van der Waals surface area contributed by atoms with Crippen LogP contribution in [0.4, 0.5) is 0 Å². The molecule has 0 aliphatic carbocycles. The van der Waals surface area contributed by atoms with Gasteiger partial charge in [-0.05, 0) is 24.6 Å². The van der Waals surface area contributed by atoms with Crippen LogP contribution < -0.4 is 19.5 Å². The van der Waals surface area contributed by atoms with E-state index >= 15 is 0 Å². The van der Waals surface area contributed by atoms with Crippen molar-refractivity contribution in [3.8, 4) is 17.2 Å². The molecule has 7 heteroatoms. The summed E-state index contributed by atoms with van der Waals surface area (Å²) in [6.07, 6.45) is 1.68. The summed E-state index contributed by atoms with van der Waals surface area (Å²) in [5.41, 5.74) is 2.42. The molecule has 2 aromatic rings. The lowest BCUT2D eigenvalue weighted by molar-refractivity contribution is -0.918. The molecule has 31 heavy (non-hydrogen) atoms. The zero-order valence-corrected chi connectivity index (χ0v) is 17.9. The van der Waals surface area contributed by atoms with Gasteiger partial charge in [-0.1, -0.05) is 30.0 Å². The Morgan fingerprint density at radius 3 is 2.74 bits per heavy atom. The first-order chi connectivity index (χ1) is 15.0. The first kappa shape index (κ1) is 21.4. The van der Waals surface area contributed by atoms with Crippen molar-refractivity contribution < 1.29 is 29.4 Å². The highest BCUT2D eigenvalue weighted by molar-refractivity contribution is 6.16. The van der Waals surface area contributed by atoms with Crippen molar-refractivity contribution in [3.05, 3.63) is 58.3 Å². The molecule has 4 rings (SSSR count). The summed E-state index contributed by atoms with van der Waals surface area (Å²) < 4.78 is 11.4. The van der Waals surface area contributed by atoms with Gasteiger partial charge in [0.1, 0.15) is 18.0 Å². The first-order valence-electron chi connectivity index (χ1n) is 10.6. The molecule has 0 aromatic heterocycles. The van der Waals surface area contributed by atoms with E-state index in [4.69, 9.17) is 14.6 Å². The number of nitrogens with one attached hydrogen (secondary N) is 1. The summed E-state index contributed by atoms with van der Waals surface area (Å²) in [5.74, 6) is 0.961. The average Bonchev–Trinajstić information content (AvgIpc) is 3.09. The molecule has 0 amide bonds. The molecular formula is C24H28N2O5. The molecule has 1 saturated heterocycles. The quantitative estimate of drug-likeness (QED) is 0.653. The second kappa shape index (κ2) is 9.09. The van der Waals surface area contributed by atoms with E-state index in [0.29, 0.717) is 41.3 Å². The number of rotatable bonds is 6. The Bertz CT molecular complexity index is 1010. The largest absolute Gasteiger partial charge is 0.872 e. The van der Waals surface area contributed by atoms with Crippen molar-refractivity contribution in [2.75, 3.05) is 46.4 Å². The van der Waals surface area contributed by atoms with E-state index in [9.17, 15) is 9.90 Å². The molecule has 2 aliphatic rings. The van der Waals surface area contributed by atoms with Crippen molar-refractivity contribution in [1.29, 1.82) is 0 Å². The van der Waals surface area contributed by atoms with Gasteiger partial charge >= 0.3 is 0 Å². The van der Waals surface area contributed by atoms with Gasteiger partial charge in [0, 0.05) is 30.8 Å². The van der Waals surface area contributed by atoms with Crippen molar-refractivity contribution in [1.82, 2.24) is 4.90 Å². The van der Waals surface area contributed by atoms with Gasteiger partial charge in [0.05, 0.1) is 32.4 Å². The van der Waals surface area contributed by atoms with E-state index in [0.717, 1.165) is 31.7 Å². The summed E-state index contributed by atoms with van der Waals surface area (Å²) in [6, 6.07) is 8.96. The third-order valence-electron chi connectivity index (χ3n) is 6.04. The fourth-order valence-electron chi connectivity index (χ4n) is 4.32. The van der Waals surface area contributed by atoms with Crippen molar-refractivity contribution in [2.24, 2.45) is 0 Å². The molecule has 2 aromatic carbocycles. The van der Waals surface area contributed by atoms with Crippen LogP contribution in [0.15, 0.2) is 36.1 Å². The fourth-order valence-corrected chi connectivity index (χ4v) is 4.32. The number of carbonyl (C=O) groups is 1. The Morgan fingerprint density at radius 2 is 2.03 bits per heavy atom. The van der Waals surface area contributed by atoms with Crippen LogP contribution in [0.5, 0.6) is 17.2 Å². The van der Waals surface area contributed by atoms with Gasteiger partial charge in [-0.15, -0.1) is 0 Å². The highest BCUT2D eigenvalue weighted by Crippen LogP contribution is 2.41. The normalized spacial score (nSPS) is 18.3. The number of nitrogens with zero attached hydrogens (tertiary/aromatic N) is 1. The van der Waals surface area contributed by atoms with E-state index in [2.05, 4.69) is 4.90 Å². The van der Waals surface area contributed by atoms with Gasteiger partial charge in [0.25, 0.3) is 0 Å². The number of β-amino-alcohol motifs (C(OH)–C–C–N with tert-alkyl or cyclic N) is 1. The maximum Gasteiger partial charge on any atom is 0.232 e. The van der Waals surface area contributed by atoms with Crippen LogP contribution in [0.25, 0.3) is 6.08 Å². The second-order valence-electron chi connectivity index (χ2n) is 8.05. The number of allylic oxidation sites excluding steroid dienone is 1. The molecule has 164 valence electrons. The Labute approximate surface area is 182 Å².